The van der Waals surface area contributed by atoms with E-state index in [0.29, 0.717) is 18.7 Å². The first kappa shape index (κ1) is 22.9. The first-order valence-corrected chi connectivity index (χ1v) is 12.4. The van der Waals surface area contributed by atoms with E-state index in [-0.39, 0.29) is 17.1 Å². The van der Waals surface area contributed by atoms with Crippen molar-refractivity contribution in [2.24, 2.45) is 0 Å². The first-order valence-electron chi connectivity index (χ1n) is 12.4. The van der Waals surface area contributed by atoms with Crippen molar-refractivity contribution in [3.8, 4) is 6.07 Å². The van der Waals surface area contributed by atoms with Crippen LogP contribution in [0.5, 0.6) is 0 Å². The van der Waals surface area contributed by atoms with E-state index in [9.17, 15) is 9.90 Å². The second kappa shape index (κ2) is 8.41. The second-order valence-electron chi connectivity index (χ2n) is 10.7. The fraction of sp³-hybridized carbons (Fsp3) is 0.500. The lowest BCUT2D eigenvalue weighted by atomic mass is 9.67. The Morgan fingerprint density at radius 3 is 2.15 bits per heavy atom. The average Bonchev–Trinajstić information content (AvgIpc) is 3.10. The minimum atomic E-state index is -0.765. The molecule has 0 bridgehead atoms. The van der Waals surface area contributed by atoms with Crippen molar-refractivity contribution in [3.05, 3.63) is 65.7 Å². The highest BCUT2D eigenvalue weighted by Crippen LogP contribution is 2.50. The summed E-state index contributed by atoms with van der Waals surface area (Å²) in [5, 5.41) is 20.2. The van der Waals surface area contributed by atoms with Gasteiger partial charge in [-0.15, -0.1) is 0 Å². The number of anilines is 1. The zero-order valence-electron chi connectivity index (χ0n) is 20.2. The Balaban J connectivity index is 1.46. The summed E-state index contributed by atoms with van der Waals surface area (Å²) < 4.78 is 0. The molecule has 2 saturated carbocycles. The molecule has 0 atom stereocenters. The van der Waals surface area contributed by atoms with Crippen LogP contribution in [0.15, 0.2) is 54.6 Å². The van der Waals surface area contributed by atoms with Gasteiger partial charge in [0.25, 0.3) is 0 Å². The number of hydrogen-bond acceptors (Lipinski definition) is 4. The smallest absolute Gasteiger partial charge is 0.325 e. The largest absolute Gasteiger partial charge is 0.388 e. The van der Waals surface area contributed by atoms with E-state index in [0.717, 1.165) is 50.6 Å². The van der Waals surface area contributed by atoms with Gasteiger partial charge in [-0.2, -0.15) is 5.26 Å². The predicted octanol–water partition coefficient (Wildman–Crippen LogP) is 4.49. The Morgan fingerprint density at radius 1 is 0.971 bits per heavy atom. The van der Waals surface area contributed by atoms with Gasteiger partial charge in [-0.25, -0.2) is 4.79 Å². The Kier molecular flexibility index (Phi) is 5.66. The summed E-state index contributed by atoms with van der Waals surface area (Å²) in [6, 6.07) is 20.1. The maximum Gasteiger partial charge on any atom is 0.325 e. The fourth-order valence-electron chi connectivity index (χ4n) is 6.29. The summed E-state index contributed by atoms with van der Waals surface area (Å²) in [4.78, 5) is 20.0. The van der Waals surface area contributed by atoms with Gasteiger partial charge in [0.15, 0.2) is 0 Å². The van der Waals surface area contributed by atoms with E-state index in [1.807, 2.05) is 21.9 Å². The van der Waals surface area contributed by atoms with Gasteiger partial charge in [0.1, 0.15) is 0 Å². The van der Waals surface area contributed by atoms with Crippen LogP contribution in [0.3, 0.4) is 0 Å². The van der Waals surface area contributed by atoms with Crippen molar-refractivity contribution in [1.29, 1.82) is 5.26 Å². The summed E-state index contributed by atoms with van der Waals surface area (Å²) >= 11 is 0. The van der Waals surface area contributed by atoms with E-state index in [2.05, 4.69) is 55.4 Å². The molecule has 2 amide bonds. The van der Waals surface area contributed by atoms with E-state index in [1.165, 1.54) is 5.56 Å². The molecule has 6 nitrogen and oxygen atoms in total. The maximum absolute atomic E-state index is 13.8. The molecule has 2 aromatic rings. The molecule has 0 aromatic heterocycles. The highest BCUT2D eigenvalue weighted by atomic mass is 16.3. The minimum absolute atomic E-state index is 0.0258. The van der Waals surface area contributed by atoms with Crippen LogP contribution in [0.2, 0.25) is 0 Å². The SMILES string of the molecule is CN(C)[C@]1(c2ccccc2)CC[C@]2(CC1)CN(c1ccc(C#N)cc1)C(=O)N2CC1(O)CCC1. The highest BCUT2D eigenvalue weighted by molar-refractivity contribution is 5.95. The van der Waals surface area contributed by atoms with Crippen molar-refractivity contribution in [3.63, 3.8) is 0 Å². The summed E-state index contributed by atoms with van der Waals surface area (Å²) in [6.45, 7) is 1.02. The molecule has 1 N–H and O–H groups in total. The Bertz CT molecular complexity index is 1080. The van der Waals surface area contributed by atoms with Crippen molar-refractivity contribution < 1.29 is 9.90 Å². The third-order valence-electron chi connectivity index (χ3n) is 8.71. The summed E-state index contributed by atoms with van der Waals surface area (Å²) in [7, 11) is 4.31. The Labute approximate surface area is 202 Å². The van der Waals surface area contributed by atoms with E-state index in [4.69, 9.17) is 5.26 Å². The highest BCUT2D eigenvalue weighted by Gasteiger charge is 2.56. The third kappa shape index (κ3) is 3.68. The molecule has 5 rings (SSSR count). The van der Waals surface area contributed by atoms with Crippen molar-refractivity contribution in [2.75, 3.05) is 32.1 Å². The molecule has 0 radical (unpaired) electrons. The minimum Gasteiger partial charge on any atom is -0.388 e. The monoisotopic (exact) mass is 458 g/mol. The van der Waals surface area contributed by atoms with Crippen LogP contribution in [0, 0.1) is 11.3 Å². The van der Waals surface area contributed by atoms with Crippen LogP contribution in [0.4, 0.5) is 10.5 Å². The lowest BCUT2D eigenvalue weighted by Crippen LogP contribution is -2.59. The summed E-state index contributed by atoms with van der Waals surface area (Å²) in [5.74, 6) is 0. The second-order valence-corrected chi connectivity index (χ2v) is 10.7. The summed E-state index contributed by atoms with van der Waals surface area (Å²) in [6.07, 6.45) is 6.21. The summed E-state index contributed by atoms with van der Waals surface area (Å²) in [5.41, 5.74) is 1.60. The molecule has 178 valence electrons. The fourth-order valence-corrected chi connectivity index (χ4v) is 6.29. The standard InChI is InChI=1S/C28H34N4O2/c1-30(2)28(23-7-4-3-5-8-23)17-15-26(16-18-28)20-31(24-11-9-22(19-29)10-12-24)25(33)32(26)21-27(34)13-6-14-27/h3-5,7-12,34H,6,13-18,20-21H2,1-2H3/t26-,28+. The molecule has 2 aromatic carbocycles. The number of urea groups is 1. The third-order valence-corrected chi connectivity index (χ3v) is 8.71. The van der Waals surface area contributed by atoms with Crippen LogP contribution < -0.4 is 4.90 Å². The number of nitriles is 1. The zero-order valence-corrected chi connectivity index (χ0v) is 20.2. The molecule has 34 heavy (non-hydrogen) atoms. The lowest BCUT2D eigenvalue weighted by molar-refractivity contribution is -0.0725. The van der Waals surface area contributed by atoms with E-state index >= 15 is 0 Å². The molecule has 1 aliphatic heterocycles. The number of nitrogens with zero attached hydrogens (tertiary/aromatic N) is 4. The molecule has 0 unspecified atom stereocenters. The molecule has 6 heteroatoms. The number of carbonyl (C=O) groups is 1. The van der Waals surface area contributed by atoms with E-state index in [1.54, 1.807) is 12.1 Å². The van der Waals surface area contributed by atoms with Gasteiger partial charge in [-0.1, -0.05) is 30.3 Å². The van der Waals surface area contributed by atoms with Crippen LogP contribution in [-0.4, -0.2) is 59.3 Å². The number of aliphatic hydroxyl groups is 1. The normalized spacial score (nSPS) is 28.3. The number of benzene rings is 2. The number of carbonyl (C=O) groups excluding carboxylic acids is 1. The van der Waals surface area contributed by atoms with Gasteiger partial charge in [0.2, 0.25) is 0 Å². The Hall–Kier alpha value is -2.88. The molecular formula is C28H34N4O2. The molecule has 1 heterocycles. The van der Waals surface area contributed by atoms with Crippen molar-refractivity contribution in [1.82, 2.24) is 9.80 Å². The van der Waals surface area contributed by atoms with Gasteiger partial charge in [-0.3, -0.25) is 9.80 Å². The number of rotatable bonds is 5. The number of β-amino-alcohol motifs (C(OH)–C–C–N with tert-alkyl or cyclic N) is 1. The molecule has 2 aliphatic carbocycles. The number of amides is 2. The van der Waals surface area contributed by atoms with Gasteiger partial charge < -0.3 is 10.0 Å². The maximum atomic E-state index is 13.8. The average molecular weight is 459 g/mol. The van der Waals surface area contributed by atoms with Crippen molar-refractivity contribution >= 4 is 11.7 Å². The van der Waals surface area contributed by atoms with Gasteiger partial charge in [-0.05, 0) is 88.9 Å². The Morgan fingerprint density at radius 2 is 1.62 bits per heavy atom. The van der Waals surface area contributed by atoms with Crippen molar-refractivity contribution in [2.45, 2.75) is 61.6 Å². The zero-order chi connectivity index (χ0) is 24.0. The number of hydrogen-bond donors (Lipinski definition) is 1. The quantitative estimate of drug-likeness (QED) is 0.717. The topological polar surface area (TPSA) is 70.8 Å². The lowest BCUT2D eigenvalue weighted by Gasteiger charge is -2.52. The molecule has 1 spiro atoms. The molecular weight excluding hydrogens is 424 g/mol. The molecule has 3 fully saturated rings. The van der Waals surface area contributed by atoms with E-state index < -0.39 is 5.60 Å². The van der Waals surface area contributed by atoms with Crippen LogP contribution in [0.1, 0.15) is 56.1 Å². The van der Waals surface area contributed by atoms with Crippen LogP contribution >= 0.6 is 0 Å². The predicted molar refractivity (Wildman–Crippen MR) is 132 cm³/mol. The first-order chi connectivity index (χ1) is 16.3. The van der Waals surface area contributed by atoms with Gasteiger partial charge in [0, 0.05) is 11.2 Å². The molecule has 3 aliphatic rings. The van der Waals surface area contributed by atoms with Gasteiger partial charge in [0.05, 0.1) is 35.9 Å². The van der Waals surface area contributed by atoms with Gasteiger partial charge >= 0.3 is 6.03 Å². The molecule has 1 saturated heterocycles. The van der Waals surface area contributed by atoms with Crippen LogP contribution in [0.25, 0.3) is 0 Å². The van der Waals surface area contributed by atoms with Crippen LogP contribution in [-0.2, 0) is 5.54 Å².